The van der Waals surface area contributed by atoms with Crippen molar-refractivity contribution in [2.45, 2.75) is 25.8 Å². The van der Waals surface area contributed by atoms with E-state index in [0.717, 1.165) is 19.6 Å². The Morgan fingerprint density at radius 3 is 3.07 bits per heavy atom. The zero-order chi connectivity index (χ0) is 9.97. The summed E-state index contributed by atoms with van der Waals surface area (Å²) in [5.41, 5.74) is 7.57. The molecule has 2 N–H and O–H groups in total. The summed E-state index contributed by atoms with van der Waals surface area (Å²) < 4.78 is 5.47. The quantitative estimate of drug-likeness (QED) is 0.815. The van der Waals surface area contributed by atoms with Crippen LogP contribution in [0.2, 0.25) is 0 Å². The Kier molecular flexibility index (Phi) is 3.21. The van der Waals surface area contributed by atoms with Crippen molar-refractivity contribution >= 4 is 11.3 Å². The molecule has 1 aliphatic rings. The highest BCUT2D eigenvalue weighted by Crippen LogP contribution is 2.31. The van der Waals surface area contributed by atoms with E-state index in [1.807, 2.05) is 0 Å². The van der Waals surface area contributed by atoms with Gasteiger partial charge in [0.2, 0.25) is 0 Å². The lowest BCUT2D eigenvalue weighted by Gasteiger charge is -2.27. The summed E-state index contributed by atoms with van der Waals surface area (Å²) >= 11 is 1.77. The largest absolute Gasteiger partial charge is 0.381 e. The van der Waals surface area contributed by atoms with Gasteiger partial charge in [0.1, 0.15) is 0 Å². The first kappa shape index (κ1) is 10.1. The summed E-state index contributed by atoms with van der Waals surface area (Å²) in [4.78, 5) is 1.33. The second-order valence-electron chi connectivity index (χ2n) is 3.97. The Hall–Kier alpha value is -0.380. The van der Waals surface area contributed by atoms with Gasteiger partial charge in [-0.05, 0) is 36.8 Å². The van der Waals surface area contributed by atoms with Gasteiger partial charge >= 0.3 is 0 Å². The lowest BCUT2D eigenvalue weighted by atomic mass is 9.92. The molecule has 1 saturated heterocycles. The molecule has 0 spiro atoms. The summed E-state index contributed by atoms with van der Waals surface area (Å²) in [5, 5.41) is 2.12. The van der Waals surface area contributed by atoms with Gasteiger partial charge in [-0.15, -0.1) is 11.3 Å². The number of nitrogens with two attached hydrogens (primary N) is 1. The third-order valence-corrected chi connectivity index (χ3v) is 4.03. The lowest BCUT2D eigenvalue weighted by molar-refractivity contribution is 0.0451. The van der Waals surface area contributed by atoms with Crippen molar-refractivity contribution in [1.82, 2.24) is 0 Å². The molecule has 0 amide bonds. The molecule has 1 aromatic heterocycles. The molecule has 1 aromatic rings. The maximum absolute atomic E-state index is 6.25. The Labute approximate surface area is 89.1 Å². The molecular formula is C11H17NOS. The average molecular weight is 211 g/mol. The maximum Gasteiger partial charge on any atom is 0.0512 e. The molecule has 2 rings (SSSR count). The van der Waals surface area contributed by atoms with Crippen molar-refractivity contribution in [3.05, 3.63) is 21.9 Å². The van der Waals surface area contributed by atoms with Crippen LogP contribution >= 0.6 is 11.3 Å². The fourth-order valence-electron chi connectivity index (χ4n) is 1.99. The van der Waals surface area contributed by atoms with E-state index in [0.29, 0.717) is 5.92 Å². The molecule has 3 heteroatoms. The van der Waals surface area contributed by atoms with Gasteiger partial charge in [0.25, 0.3) is 0 Å². The first-order chi connectivity index (χ1) is 6.79. The molecule has 1 aliphatic heterocycles. The van der Waals surface area contributed by atoms with Crippen molar-refractivity contribution < 1.29 is 4.74 Å². The van der Waals surface area contributed by atoms with Gasteiger partial charge in [-0.3, -0.25) is 0 Å². The number of hydrogen-bond donors (Lipinski definition) is 1. The van der Waals surface area contributed by atoms with Crippen molar-refractivity contribution in [2.24, 2.45) is 11.7 Å². The van der Waals surface area contributed by atoms with Crippen LogP contribution in [0.5, 0.6) is 0 Å². The van der Waals surface area contributed by atoms with Crippen LogP contribution in [0.4, 0.5) is 0 Å². The van der Waals surface area contributed by atoms with Crippen molar-refractivity contribution in [1.29, 1.82) is 0 Å². The fraction of sp³-hybridized carbons (Fsp3) is 0.636. The molecular weight excluding hydrogens is 194 g/mol. The van der Waals surface area contributed by atoms with Crippen LogP contribution in [0.25, 0.3) is 0 Å². The van der Waals surface area contributed by atoms with E-state index in [2.05, 4.69) is 18.4 Å². The average Bonchev–Trinajstić information content (AvgIpc) is 2.65. The van der Waals surface area contributed by atoms with Crippen LogP contribution in [-0.4, -0.2) is 13.2 Å². The van der Waals surface area contributed by atoms with Crippen molar-refractivity contribution in [3.8, 4) is 0 Å². The molecule has 0 aromatic carbocycles. The SMILES string of the molecule is Cc1ccsc1C(N)C1CCCOC1. The molecule has 2 nitrogen and oxygen atoms in total. The molecule has 2 atom stereocenters. The van der Waals surface area contributed by atoms with Crippen LogP contribution in [0, 0.1) is 12.8 Å². The second-order valence-corrected chi connectivity index (χ2v) is 4.92. The zero-order valence-electron chi connectivity index (χ0n) is 8.53. The maximum atomic E-state index is 6.25. The van der Waals surface area contributed by atoms with E-state index >= 15 is 0 Å². The van der Waals surface area contributed by atoms with E-state index in [4.69, 9.17) is 10.5 Å². The number of aryl methyl sites for hydroxylation is 1. The van der Waals surface area contributed by atoms with Crippen molar-refractivity contribution in [3.63, 3.8) is 0 Å². The second kappa shape index (κ2) is 4.43. The summed E-state index contributed by atoms with van der Waals surface area (Å²) in [6.07, 6.45) is 2.36. The molecule has 0 bridgehead atoms. The summed E-state index contributed by atoms with van der Waals surface area (Å²) in [5.74, 6) is 0.515. The summed E-state index contributed by atoms with van der Waals surface area (Å²) in [7, 11) is 0. The minimum Gasteiger partial charge on any atom is -0.381 e. The zero-order valence-corrected chi connectivity index (χ0v) is 9.35. The number of hydrogen-bond acceptors (Lipinski definition) is 3. The van der Waals surface area contributed by atoms with Gasteiger partial charge in [0, 0.05) is 23.4 Å². The van der Waals surface area contributed by atoms with E-state index in [1.54, 1.807) is 11.3 Å². The van der Waals surface area contributed by atoms with Gasteiger partial charge < -0.3 is 10.5 Å². The Morgan fingerprint density at radius 1 is 1.64 bits per heavy atom. The first-order valence-electron chi connectivity index (χ1n) is 5.16. The van der Waals surface area contributed by atoms with E-state index < -0.39 is 0 Å². The lowest BCUT2D eigenvalue weighted by Crippen LogP contribution is -2.28. The van der Waals surface area contributed by atoms with Gasteiger partial charge in [-0.25, -0.2) is 0 Å². The Balaban J connectivity index is 2.07. The normalized spacial score (nSPS) is 24.9. The minimum atomic E-state index is 0.176. The highest BCUT2D eigenvalue weighted by atomic mass is 32.1. The summed E-state index contributed by atoms with van der Waals surface area (Å²) in [6.45, 7) is 3.88. The summed E-state index contributed by atoms with van der Waals surface area (Å²) in [6, 6.07) is 2.32. The number of ether oxygens (including phenoxy) is 1. The molecule has 0 radical (unpaired) electrons. The number of rotatable bonds is 2. The fourth-order valence-corrected chi connectivity index (χ4v) is 3.01. The van der Waals surface area contributed by atoms with Gasteiger partial charge in [-0.2, -0.15) is 0 Å². The minimum absolute atomic E-state index is 0.176. The van der Waals surface area contributed by atoms with Crippen LogP contribution in [0.1, 0.15) is 29.3 Å². The van der Waals surface area contributed by atoms with Crippen molar-refractivity contribution in [2.75, 3.05) is 13.2 Å². The Morgan fingerprint density at radius 2 is 2.50 bits per heavy atom. The topological polar surface area (TPSA) is 35.2 Å². The third kappa shape index (κ3) is 2.00. The smallest absolute Gasteiger partial charge is 0.0512 e. The van der Waals surface area contributed by atoms with E-state index in [9.17, 15) is 0 Å². The number of thiophene rings is 1. The standard InChI is InChI=1S/C11H17NOS/c1-8-4-6-14-11(8)10(12)9-3-2-5-13-7-9/h4,6,9-10H,2-3,5,7,12H2,1H3. The predicted molar refractivity (Wildman–Crippen MR) is 59.5 cm³/mol. The molecule has 0 aliphatic carbocycles. The Bertz CT molecular complexity index is 291. The third-order valence-electron chi connectivity index (χ3n) is 2.91. The predicted octanol–water partition coefficient (Wildman–Crippen LogP) is 2.48. The van der Waals surface area contributed by atoms with Crippen LogP contribution in [-0.2, 0) is 4.74 Å². The highest BCUT2D eigenvalue weighted by Gasteiger charge is 2.24. The first-order valence-corrected chi connectivity index (χ1v) is 6.04. The van der Waals surface area contributed by atoms with E-state index in [-0.39, 0.29) is 6.04 Å². The van der Waals surface area contributed by atoms with Gasteiger partial charge in [-0.1, -0.05) is 0 Å². The molecule has 14 heavy (non-hydrogen) atoms. The van der Waals surface area contributed by atoms with Crippen LogP contribution < -0.4 is 5.73 Å². The van der Waals surface area contributed by atoms with Crippen LogP contribution in [0.15, 0.2) is 11.4 Å². The molecule has 2 heterocycles. The monoisotopic (exact) mass is 211 g/mol. The van der Waals surface area contributed by atoms with E-state index in [1.165, 1.54) is 16.9 Å². The highest BCUT2D eigenvalue weighted by molar-refractivity contribution is 7.10. The molecule has 78 valence electrons. The molecule has 0 saturated carbocycles. The molecule has 1 fully saturated rings. The van der Waals surface area contributed by atoms with Crippen LogP contribution in [0.3, 0.4) is 0 Å². The van der Waals surface area contributed by atoms with Gasteiger partial charge in [0.15, 0.2) is 0 Å². The van der Waals surface area contributed by atoms with Gasteiger partial charge in [0.05, 0.1) is 6.61 Å². The molecule has 2 unspecified atom stereocenters.